The van der Waals surface area contributed by atoms with E-state index in [4.69, 9.17) is 4.74 Å². The van der Waals surface area contributed by atoms with E-state index < -0.39 is 22.5 Å². The van der Waals surface area contributed by atoms with Gasteiger partial charge in [-0.2, -0.15) is 0 Å². The van der Waals surface area contributed by atoms with Crippen molar-refractivity contribution in [1.29, 1.82) is 0 Å². The summed E-state index contributed by atoms with van der Waals surface area (Å²) in [6.45, 7) is 4.30. The first kappa shape index (κ1) is 20.3. The monoisotopic (exact) mass is 414 g/mol. The van der Waals surface area contributed by atoms with Crippen molar-refractivity contribution >= 4 is 11.7 Å². The number of aromatic nitrogens is 1. The van der Waals surface area contributed by atoms with Crippen molar-refractivity contribution in [2.24, 2.45) is 5.41 Å². The number of nitrogens with zero attached hydrogens (tertiary/aromatic N) is 1. The Kier molecular flexibility index (Phi) is 4.97. The van der Waals surface area contributed by atoms with Gasteiger partial charge in [0.05, 0.1) is 18.1 Å². The normalized spacial score (nSPS) is 22.9. The van der Waals surface area contributed by atoms with E-state index in [9.17, 15) is 23.9 Å². The van der Waals surface area contributed by atoms with Crippen molar-refractivity contribution in [1.82, 2.24) is 9.88 Å². The number of nitrogens with one attached hydrogen (secondary N) is 1. The number of halogens is 1. The van der Waals surface area contributed by atoms with Crippen LogP contribution in [0.15, 0.2) is 29.2 Å². The van der Waals surface area contributed by atoms with Gasteiger partial charge >= 0.3 is 0 Å². The predicted octanol–water partition coefficient (Wildman–Crippen LogP) is 2.31. The third-order valence-electron chi connectivity index (χ3n) is 6.14. The second-order valence-electron chi connectivity index (χ2n) is 8.20. The molecule has 3 heterocycles. The van der Waals surface area contributed by atoms with Crippen molar-refractivity contribution in [2.75, 3.05) is 6.61 Å². The zero-order valence-electron chi connectivity index (χ0n) is 16.8. The van der Waals surface area contributed by atoms with Crippen molar-refractivity contribution < 1.29 is 23.8 Å². The highest BCUT2D eigenvalue weighted by atomic mass is 19.1. The number of ketones is 1. The number of carbonyl (C=O) groups excluding carboxylic acids is 2. The molecule has 2 aliphatic rings. The topological polar surface area (TPSA) is 97.6 Å². The molecule has 2 aliphatic heterocycles. The lowest BCUT2D eigenvalue weighted by atomic mass is 9.71. The van der Waals surface area contributed by atoms with Crippen LogP contribution in [0.1, 0.15) is 51.7 Å². The van der Waals surface area contributed by atoms with Crippen LogP contribution in [0.3, 0.4) is 0 Å². The average Bonchev–Trinajstić information content (AvgIpc) is 2.72. The molecule has 0 unspecified atom stereocenters. The minimum absolute atomic E-state index is 0.0741. The summed E-state index contributed by atoms with van der Waals surface area (Å²) >= 11 is 0. The summed E-state index contributed by atoms with van der Waals surface area (Å²) in [5, 5.41) is 13.1. The Morgan fingerprint density at radius 2 is 2.17 bits per heavy atom. The Hall–Kier alpha value is -3.00. The molecule has 0 spiro atoms. The lowest BCUT2D eigenvalue weighted by Crippen LogP contribution is -2.52. The van der Waals surface area contributed by atoms with Crippen molar-refractivity contribution in [2.45, 2.75) is 45.9 Å². The zero-order chi connectivity index (χ0) is 21.6. The van der Waals surface area contributed by atoms with Gasteiger partial charge in [0.2, 0.25) is 5.43 Å². The second-order valence-corrected chi connectivity index (χ2v) is 8.20. The second kappa shape index (κ2) is 7.36. The van der Waals surface area contributed by atoms with Crippen LogP contribution in [-0.2, 0) is 17.8 Å². The molecular formula is C22H23FN2O5. The van der Waals surface area contributed by atoms with E-state index in [1.165, 1.54) is 16.8 Å². The van der Waals surface area contributed by atoms with Crippen LogP contribution >= 0.6 is 0 Å². The maximum Gasteiger partial charge on any atom is 0.257 e. The lowest BCUT2D eigenvalue weighted by molar-refractivity contribution is -0.0740. The summed E-state index contributed by atoms with van der Waals surface area (Å²) in [5.41, 5.74) is -0.904. The minimum Gasteiger partial charge on any atom is -0.503 e. The molecule has 30 heavy (non-hydrogen) atoms. The number of pyridine rings is 1. The number of amides is 1. The number of carbonyl (C=O) groups is 2. The van der Waals surface area contributed by atoms with Crippen LogP contribution in [0, 0.1) is 18.2 Å². The van der Waals surface area contributed by atoms with Crippen molar-refractivity contribution in [3.63, 3.8) is 0 Å². The molecule has 2 atom stereocenters. The predicted molar refractivity (Wildman–Crippen MR) is 106 cm³/mol. The van der Waals surface area contributed by atoms with Gasteiger partial charge in [-0.05, 0) is 43.9 Å². The minimum atomic E-state index is -0.888. The van der Waals surface area contributed by atoms with Crippen LogP contribution in [0.25, 0.3) is 0 Å². The molecule has 8 heteroatoms. The summed E-state index contributed by atoms with van der Waals surface area (Å²) in [4.78, 5) is 38.3. The number of benzene rings is 1. The van der Waals surface area contributed by atoms with Crippen LogP contribution in [-0.4, -0.2) is 34.1 Å². The fourth-order valence-electron chi connectivity index (χ4n) is 4.26. The Morgan fingerprint density at radius 3 is 2.90 bits per heavy atom. The molecule has 1 aromatic heterocycles. The molecule has 2 aromatic rings. The highest BCUT2D eigenvalue weighted by Crippen LogP contribution is 2.42. The van der Waals surface area contributed by atoms with Crippen LogP contribution in [0.2, 0.25) is 0 Å². The number of hydrogen-bond donors (Lipinski definition) is 2. The van der Waals surface area contributed by atoms with Gasteiger partial charge in [-0.15, -0.1) is 0 Å². The molecule has 0 bridgehead atoms. The highest BCUT2D eigenvalue weighted by molar-refractivity contribution is 6.03. The number of aryl methyl sites for hydroxylation is 1. The molecular weight excluding hydrogens is 391 g/mol. The summed E-state index contributed by atoms with van der Waals surface area (Å²) in [6.07, 6.45) is 2.26. The van der Waals surface area contributed by atoms with Crippen LogP contribution in [0.5, 0.6) is 5.75 Å². The molecule has 0 aliphatic carbocycles. The SMILES string of the molecule is Cc1cc(CNC(=O)c2cn3c(c(O)c2=O)C(=O)[C@@]2(C)CCCO[C@H]2C3)ccc1F. The standard InChI is InChI=1S/C22H23FN2O5/c1-12-8-13(4-5-15(12)23)9-24-21(29)14-10-25-11-16-22(2,6-3-7-30-16)20(28)17(25)19(27)18(14)26/h4-5,8,10,16,27H,3,6-7,9,11H2,1-2H3,(H,24,29)/t16-,22-/m0/s1. The molecule has 1 saturated heterocycles. The molecule has 1 fully saturated rings. The van der Waals surface area contributed by atoms with E-state index in [0.717, 1.165) is 6.42 Å². The van der Waals surface area contributed by atoms with Gasteiger partial charge in [0.1, 0.15) is 17.1 Å². The smallest absolute Gasteiger partial charge is 0.257 e. The van der Waals surface area contributed by atoms with Gasteiger partial charge in [-0.1, -0.05) is 12.1 Å². The first-order chi connectivity index (χ1) is 14.2. The molecule has 7 nitrogen and oxygen atoms in total. The van der Waals surface area contributed by atoms with E-state index in [-0.39, 0.29) is 42.1 Å². The number of rotatable bonds is 3. The third kappa shape index (κ3) is 3.21. The highest BCUT2D eigenvalue weighted by Gasteiger charge is 2.49. The summed E-state index contributed by atoms with van der Waals surface area (Å²) < 4.78 is 20.6. The maximum absolute atomic E-state index is 13.4. The van der Waals surface area contributed by atoms with E-state index in [2.05, 4.69) is 5.32 Å². The van der Waals surface area contributed by atoms with E-state index in [1.54, 1.807) is 26.0 Å². The quantitative estimate of drug-likeness (QED) is 0.803. The van der Waals surface area contributed by atoms with Gasteiger partial charge < -0.3 is 19.7 Å². The van der Waals surface area contributed by atoms with Gasteiger partial charge in [-0.3, -0.25) is 14.4 Å². The Bertz CT molecular complexity index is 1110. The average molecular weight is 414 g/mol. The van der Waals surface area contributed by atoms with E-state index >= 15 is 0 Å². The Balaban J connectivity index is 1.63. The van der Waals surface area contributed by atoms with Gasteiger partial charge in [0.15, 0.2) is 11.5 Å². The molecule has 1 aromatic carbocycles. The molecule has 0 radical (unpaired) electrons. The van der Waals surface area contributed by atoms with E-state index in [0.29, 0.717) is 24.2 Å². The van der Waals surface area contributed by atoms with Gasteiger partial charge in [0.25, 0.3) is 5.91 Å². The Morgan fingerprint density at radius 1 is 1.40 bits per heavy atom. The van der Waals surface area contributed by atoms with E-state index in [1.807, 2.05) is 0 Å². The van der Waals surface area contributed by atoms with Crippen LogP contribution in [0.4, 0.5) is 4.39 Å². The first-order valence-electron chi connectivity index (χ1n) is 9.88. The number of ether oxygens (including phenoxy) is 1. The first-order valence-corrected chi connectivity index (χ1v) is 9.88. The van der Waals surface area contributed by atoms with Gasteiger partial charge in [0, 0.05) is 19.3 Å². The molecule has 158 valence electrons. The van der Waals surface area contributed by atoms with Crippen LogP contribution < -0.4 is 10.7 Å². The largest absolute Gasteiger partial charge is 0.503 e. The molecule has 4 rings (SSSR count). The molecule has 0 saturated carbocycles. The number of aromatic hydroxyl groups is 1. The molecule has 1 amide bonds. The summed E-state index contributed by atoms with van der Waals surface area (Å²) in [7, 11) is 0. The number of fused-ring (bicyclic) bond motifs is 2. The number of hydrogen-bond acceptors (Lipinski definition) is 5. The maximum atomic E-state index is 13.4. The lowest BCUT2D eigenvalue weighted by Gasteiger charge is -2.44. The third-order valence-corrected chi connectivity index (χ3v) is 6.14. The summed E-state index contributed by atoms with van der Waals surface area (Å²) in [6, 6.07) is 4.45. The summed E-state index contributed by atoms with van der Waals surface area (Å²) in [5.74, 6) is -2.08. The molecule has 2 N–H and O–H groups in total. The fraction of sp³-hybridized carbons (Fsp3) is 0.409. The zero-order valence-corrected chi connectivity index (χ0v) is 16.8. The Labute approximate surface area is 172 Å². The van der Waals surface area contributed by atoms with Gasteiger partial charge in [-0.25, -0.2) is 4.39 Å². The van der Waals surface area contributed by atoms with Crippen molar-refractivity contribution in [3.05, 3.63) is 62.8 Å². The number of Topliss-reactive ketones (excluding diaryl/α,β-unsaturated/α-hetero) is 1. The van der Waals surface area contributed by atoms with Crippen molar-refractivity contribution in [3.8, 4) is 5.75 Å². The fourth-order valence-corrected chi connectivity index (χ4v) is 4.26.